The second kappa shape index (κ2) is 6.16. The lowest BCUT2D eigenvalue weighted by Gasteiger charge is -2.12. The molecule has 0 atom stereocenters. The number of aromatic nitrogens is 1. The molecule has 0 aliphatic carbocycles. The number of esters is 1. The summed E-state index contributed by atoms with van der Waals surface area (Å²) in [5.41, 5.74) is 2.21. The zero-order valence-electron chi connectivity index (χ0n) is 13.4. The molecule has 0 saturated heterocycles. The number of benzene rings is 2. The monoisotopic (exact) mass is 309 g/mol. The summed E-state index contributed by atoms with van der Waals surface area (Å²) in [5.74, 6) is 0.145. The Labute approximate surface area is 135 Å². The molecule has 0 bridgehead atoms. The van der Waals surface area contributed by atoms with Crippen molar-refractivity contribution in [1.29, 1.82) is 0 Å². The number of hydrogen-bond donors (Lipinski definition) is 0. The van der Waals surface area contributed by atoms with E-state index in [1.54, 1.807) is 0 Å². The van der Waals surface area contributed by atoms with Crippen LogP contribution in [0.25, 0.3) is 16.6 Å². The van der Waals surface area contributed by atoms with Gasteiger partial charge in [0.2, 0.25) is 0 Å². The second-order valence-electron chi connectivity index (χ2n) is 5.52. The van der Waals surface area contributed by atoms with Crippen LogP contribution >= 0.6 is 0 Å². The maximum Gasteiger partial charge on any atom is 0.358 e. The molecule has 0 amide bonds. The Morgan fingerprint density at radius 1 is 1.00 bits per heavy atom. The zero-order chi connectivity index (χ0) is 16.4. The van der Waals surface area contributed by atoms with Crippen molar-refractivity contribution in [3.8, 4) is 11.4 Å². The van der Waals surface area contributed by atoms with Crippen molar-refractivity contribution >= 4 is 16.9 Å². The lowest BCUT2D eigenvalue weighted by Crippen LogP contribution is -2.13. The van der Waals surface area contributed by atoms with E-state index in [-0.39, 0.29) is 6.10 Å². The molecule has 0 radical (unpaired) electrons. The number of para-hydroxylation sites is 2. The minimum absolute atomic E-state index is 0.0477. The molecule has 3 rings (SSSR count). The van der Waals surface area contributed by atoms with Crippen LogP contribution in [0.2, 0.25) is 0 Å². The van der Waals surface area contributed by atoms with Crippen LogP contribution in [0.3, 0.4) is 0 Å². The van der Waals surface area contributed by atoms with Gasteiger partial charge in [0.15, 0.2) is 11.4 Å². The Kier molecular flexibility index (Phi) is 4.06. The standard InChI is InChI=1S/C19H19NO3/c1-13(2)23-18-15-11-7-8-12-16(15)20(17(18)19(21)22-3)14-9-5-4-6-10-14/h4-13H,1-3H3. The van der Waals surface area contributed by atoms with Gasteiger partial charge >= 0.3 is 5.97 Å². The lowest BCUT2D eigenvalue weighted by atomic mass is 10.2. The van der Waals surface area contributed by atoms with E-state index in [9.17, 15) is 4.79 Å². The van der Waals surface area contributed by atoms with Gasteiger partial charge in [0.1, 0.15) is 0 Å². The van der Waals surface area contributed by atoms with Gasteiger partial charge in [-0.1, -0.05) is 30.3 Å². The SMILES string of the molecule is COC(=O)c1c(OC(C)C)c2ccccc2n1-c1ccccc1. The van der Waals surface area contributed by atoms with Gasteiger partial charge in [-0.2, -0.15) is 0 Å². The van der Waals surface area contributed by atoms with E-state index >= 15 is 0 Å². The zero-order valence-corrected chi connectivity index (χ0v) is 13.4. The van der Waals surface area contributed by atoms with Crippen molar-refractivity contribution in [2.24, 2.45) is 0 Å². The Hall–Kier alpha value is -2.75. The third-order valence-electron chi connectivity index (χ3n) is 3.57. The summed E-state index contributed by atoms with van der Waals surface area (Å²) in [6.07, 6.45) is -0.0477. The molecule has 0 fully saturated rings. The molecule has 0 aliphatic heterocycles. The predicted molar refractivity (Wildman–Crippen MR) is 90.4 cm³/mol. The van der Waals surface area contributed by atoms with Gasteiger partial charge in [-0.3, -0.25) is 0 Å². The molecule has 2 aromatic carbocycles. The number of carbonyl (C=O) groups excluding carboxylic acids is 1. The molecular formula is C19H19NO3. The summed E-state index contributed by atoms with van der Waals surface area (Å²) in [7, 11) is 1.38. The first kappa shape index (κ1) is 15.2. The fraction of sp³-hybridized carbons (Fsp3) is 0.211. The minimum Gasteiger partial charge on any atom is -0.488 e. The summed E-state index contributed by atoms with van der Waals surface area (Å²) in [6.45, 7) is 3.88. The van der Waals surface area contributed by atoms with Gasteiger partial charge in [-0.15, -0.1) is 0 Å². The normalized spacial score (nSPS) is 11.0. The molecular weight excluding hydrogens is 290 g/mol. The largest absolute Gasteiger partial charge is 0.488 e. The molecule has 23 heavy (non-hydrogen) atoms. The number of hydrogen-bond acceptors (Lipinski definition) is 3. The fourth-order valence-corrected chi connectivity index (χ4v) is 2.69. The van der Waals surface area contributed by atoms with E-state index < -0.39 is 5.97 Å². The van der Waals surface area contributed by atoms with Crippen LogP contribution in [0.15, 0.2) is 54.6 Å². The maximum absolute atomic E-state index is 12.5. The van der Waals surface area contributed by atoms with Gasteiger partial charge in [0.25, 0.3) is 0 Å². The highest BCUT2D eigenvalue weighted by Gasteiger charge is 2.26. The van der Waals surface area contributed by atoms with Crippen molar-refractivity contribution in [2.75, 3.05) is 7.11 Å². The molecule has 118 valence electrons. The van der Waals surface area contributed by atoms with Crippen LogP contribution in [-0.4, -0.2) is 23.8 Å². The number of carbonyl (C=O) groups is 1. The number of fused-ring (bicyclic) bond motifs is 1. The average molecular weight is 309 g/mol. The summed E-state index contributed by atoms with van der Waals surface area (Å²) < 4.78 is 12.9. The number of ether oxygens (including phenoxy) is 2. The van der Waals surface area contributed by atoms with Gasteiger partial charge in [-0.25, -0.2) is 4.79 Å². The molecule has 3 aromatic rings. The Balaban J connectivity index is 2.39. The van der Waals surface area contributed by atoms with E-state index in [0.717, 1.165) is 16.6 Å². The van der Waals surface area contributed by atoms with E-state index in [4.69, 9.17) is 9.47 Å². The molecule has 1 heterocycles. The smallest absolute Gasteiger partial charge is 0.358 e. The number of nitrogens with zero attached hydrogens (tertiary/aromatic N) is 1. The average Bonchev–Trinajstić information content (AvgIpc) is 2.89. The summed E-state index contributed by atoms with van der Waals surface area (Å²) in [6, 6.07) is 17.5. The molecule has 0 aliphatic rings. The Bertz CT molecular complexity index is 834. The number of methoxy groups -OCH3 is 1. The van der Waals surface area contributed by atoms with Crippen LogP contribution in [0, 0.1) is 0 Å². The van der Waals surface area contributed by atoms with Gasteiger partial charge in [-0.05, 0) is 38.1 Å². The van der Waals surface area contributed by atoms with Crippen molar-refractivity contribution < 1.29 is 14.3 Å². The first-order valence-corrected chi connectivity index (χ1v) is 7.57. The molecule has 0 spiro atoms. The van der Waals surface area contributed by atoms with Crippen LogP contribution in [0.4, 0.5) is 0 Å². The topological polar surface area (TPSA) is 40.5 Å². The van der Waals surface area contributed by atoms with Crippen molar-refractivity contribution in [1.82, 2.24) is 4.57 Å². The predicted octanol–water partition coefficient (Wildman–Crippen LogP) is 4.20. The third kappa shape index (κ3) is 2.68. The van der Waals surface area contributed by atoms with Crippen molar-refractivity contribution in [3.63, 3.8) is 0 Å². The Morgan fingerprint density at radius 3 is 2.30 bits per heavy atom. The highest BCUT2D eigenvalue weighted by atomic mass is 16.5. The molecule has 0 unspecified atom stereocenters. The van der Waals surface area contributed by atoms with E-state index in [2.05, 4.69) is 0 Å². The van der Waals surface area contributed by atoms with E-state index in [1.807, 2.05) is 73.0 Å². The molecule has 1 aromatic heterocycles. The highest BCUT2D eigenvalue weighted by Crippen LogP contribution is 2.36. The van der Waals surface area contributed by atoms with Crippen molar-refractivity contribution in [3.05, 3.63) is 60.3 Å². The van der Waals surface area contributed by atoms with E-state index in [0.29, 0.717) is 11.4 Å². The highest BCUT2D eigenvalue weighted by molar-refractivity contribution is 6.03. The minimum atomic E-state index is -0.416. The Morgan fingerprint density at radius 2 is 1.65 bits per heavy atom. The summed E-state index contributed by atoms with van der Waals surface area (Å²) >= 11 is 0. The van der Waals surface area contributed by atoms with Gasteiger partial charge in [0, 0.05) is 11.1 Å². The third-order valence-corrected chi connectivity index (χ3v) is 3.57. The maximum atomic E-state index is 12.5. The first-order chi connectivity index (χ1) is 11.1. The van der Waals surface area contributed by atoms with E-state index in [1.165, 1.54) is 7.11 Å². The van der Waals surface area contributed by atoms with Crippen LogP contribution in [0.5, 0.6) is 5.75 Å². The van der Waals surface area contributed by atoms with Gasteiger partial charge in [0.05, 0.1) is 18.7 Å². The summed E-state index contributed by atoms with van der Waals surface area (Å²) in [5, 5.41) is 0.894. The molecule has 0 N–H and O–H groups in total. The number of rotatable bonds is 4. The quantitative estimate of drug-likeness (QED) is 0.678. The second-order valence-corrected chi connectivity index (χ2v) is 5.52. The summed E-state index contributed by atoms with van der Waals surface area (Å²) in [4.78, 5) is 12.5. The van der Waals surface area contributed by atoms with Crippen molar-refractivity contribution in [2.45, 2.75) is 20.0 Å². The lowest BCUT2D eigenvalue weighted by molar-refractivity contribution is 0.0585. The molecule has 4 heteroatoms. The molecule has 0 saturated carbocycles. The fourth-order valence-electron chi connectivity index (χ4n) is 2.69. The van der Waals surface area contributed by atoms with Crippen LogP contribution in [0.1, 0.15) is 24.3 Å². The van der Waals surface area contributed by atoms with Gasteiger partial charge < -0.3 is 14.0 Å². The molecule has 4 nitrogen and oxygen atoms in total. The van der Waals surface area contributed by atoms with Crippen LogP contribution < -0.4 is 4.74 Å². The first-order valence-electron chi connectivity index (χ1n) is 7.57. The van der Waals surface area contributed by atoms with Crippen LogP contribution in [-0.2, 0) is 4.74 Å².